The molecule has 100 valence electrons. The fourth-order valence-electron chi connectivity index (χ4n) is 1.74. The fraction of sp³-hybridized carbons (Fsp3) is 0.308. The van der Waals surface area contributed by atoms with Crippen LogP contribution in [0.5, 0.6) is 5.75 Å². The molecule has 0 saturated carbocycles. The van der Waals surface area contributed by atoms with Crippen LogP contribution in [0.2, 0.25) is 0 Å². The van der Waals surface area contributed by atoms with Crippen molar-refractivity contribution in [3.63, 3.8) is 0 Å². The minimum absolute atomic E-state index is 0.129. The summed E-state index contributed by atoms with van der Waals surface area (Å²) in [6, 6.07) is 5.41. The number of nitrogens with zero attached hydrogens (tertiary/aromatic N) is 4. The lowest BCUT2D eigenvalue weighted by Crippen LogP contribution is -2.21. The molecule has 2 aromatic rings. The monoisotopic (exact) mass is 276 g/mol. The number of thiazole rings is 1. The topological polar surface area (TPSA) is 61.1 Å². The molecule has 19 heavy (non-hydrogen) atoms. The Morgan fingerprint density at radius 2 is 2.05 bits per heavy atom. The van der Waals surface area contributed by atoms with Gasteiger partial charge in [0.05, 0.1) is 0 Å². The summed E-state index contributed by atoms with van der Waals surface area (Å²) in [5.74, 6) is 0.129. The van der Waals surface area contributed by atoms with Gasteiger partial charge in [-0.25, -0.2) is 4.98 Å². The molecule has 0 aliphatic heterocycles. The van der Waals surface area contributed by atoms with Crippen molar-refractivity contribution < 1.29 is 5.11 Å². The lowest BCUT2D eigenvalue weighted by Gasteiger charge is -2.21. The SMILES string of the molecule is CCN(CC)c1ccc(N=Nc2nccs2)c(O)c1. The second-order valence-corrected chi connectivity index (χ2v) is 4.73. The highest BCUT2D eigenvalue weighted by Crippen LogP contribution is 2.32. The van der Waals surface area contributed by atoms with E-state index in [-0.39, 0.29) is 5.75 Å². The summed E-state index contributed by atoms with van der Waals surface area (Å²) in [7, 11) is 0. The van der Waals surface area contributed by atoms with E-state index in [1.807, 2.05) is 11.4 Å². The summed E-state index contributed by atoms with van der Waals surface area (Å²) in [5, 5.41) is 20.3. The molecule has 6 heteroatoms. The Labute approximate surface area is 116 Å². The van der Waals surface area contributed by atoms with Gasteiger partial charge in [0.1, 0.15) is 11.4 Å². The molecule has 0 radical (unpaired) electrons. The van der Waals surface area contributed by atoms with Gasteiger partial charge in [0.25, 0.3) is 0 Å². The van der Waals surface area contributed by atoms with Crippen LogP contribution in [0.1, 0.15) is 13.8 Å². The van der Waals surface area contributed by atoms with Crippen molar-refractivity contribution in [3.05, 3.63) is 29.8 Å². The van der Waals surface area contributed by atoms with Gasteiger partial charge >= 0.3 is 0 Å². The number of anilines is 1. The maximum absolute atomic E-state index is 9.96. The number of benzene rings is 1. The minimum atomic E-state index is 0.129. The molecule has 1 aromatic carbocycles. The summed E-state index contributed by atoms with van der Waals surface area (Å²) in [5.41, 5.74) is 1.43. The molecule has 0 aliphatic rings. The Morgan fingerprint density at radius 3 is 2.63 bits per heavy atom. The molecule has 0 unspecified atom stereocenters. The highest BCUT2D eigenvalue weighted by Gasteiger charge is 2.06. The Bertz CT molecular complexity index is 550. The summed E-state index contributed by atoms with van der Waals surface area (Å²) in [4.78, 5) is 6.16. The first-order chi connectivity index (χ1) is 9.24. The zero-order valence-corrected chi connectivity index (χ0v) is 11.8. The number of hydrogen-bond donors (Lipinski definition) is 1. The van der Waals surface area contributed by atoms with E-state index in [1.165, 1.54) is 11.3 Å². The molecule has 0 bridgehead atoms. The van der Waals surface area contributed by atoms with Crippen LogP contribution in [-0.4, -0.2) is 23.2 Å². The van der Waals surface area contributed by atoms with Crippen LogP contribution < -0.4 is 4.90 Å². The van der Waals surface area contributed by atoms with Crippen molar-refractivity contribution in [3.8, 4) is 5.75 Å². The molecule has 0 saturated heterocycles. The second-order valence-electron chi connectivity index (χ2n) is 3.86. The van der Waals surface area contributed by atoms with Gasteiger partial charge < -0.3 is 10.0 Å². The van der Waals surface area contributed by atoms with Crippen molar-refractivity contribution >= 4 is 27.8 Å². The Hall–Kier alpha value is -1.95. The molecule has 0 fully saturated rings. The largest absolute Gasteiger partial charge is 0.506 e. The molecular formula is C13H16N4OS. The number of rotatable bonds is 5. The van der Waals surface area contributed by atoms with Crippen LogP contribution in [-0.2, 0) is 0 Å². The summed E-state index contributed by atoms with van der Waals surface area (Å²) >= 11 is 1.40. The molecule has 0 atom stereocenters. The third kappa shape index (κ3) is 3.29. The van der Waals surface area contributed by atoms with Crippen LogP contribution in [0.15, 0.2) is 40.0 Å². The summed E-state index contributed by atoms with van der Waals surface area (Å²) in [6.45, 7) is 5.96. The van der Waals surface area contributed by atoms with Crippen LogP contribution in [0.4, 0.5) is 16.5 Å². The molecule has 1 N–H and O–H groups in total. The van der Waals surface area contributed by atoms with E-state index in [9.17, 15) is 5.11 Å². The van der Waals surface area contributed by atoms with Crippen molar-refractivity contribution in [1.29, 1.82) is 0 Å². The number of phenols is 1. The van der Waals surface area contributed by atoms with Crippen molar-refractivity contribution in [2.75, 3.05) is 18.0 Å². The number of phenolic OH excluding ortho intramolecular Hbond substituents is 1. The van der Waals surface area contributed by atoms with Gasteiger partial charge in [-0.05, 0) is 26.0 Å². The van der Waals surface area contributed by atoms with Gasteiger partial charge in [-0.3, -0.25) is 0 Å². The first-order valence-electron chi connectivity index (χ1n) is 6.13. The summed E-state index contributed by atoms with van der Waals surface area (Å²) in [6.07, 6.45) is 1.67. The summed E-state index contributed by atoms with van der Waals surface area (Å²) < 4.78 is 0. The lowest BCUT2D eigenvalue weighted by atomic mass is 10.2. The average molecular weight is 276 g/mol. The van der Waals surface area contributed by atoms with E-state index in [0.717, 1.165) is 18.8 Å². The zero-order valence-electron chi connectivity index (χ0n) is 10.9. The van der Waals surface area contributed by atoms with Crippen molar-refractivity contribution in [2.24, 2.45) is 10.2 Å². The number of azo groups is 1. The first-order valence-corrected chi connectivity index (χ1v) is 7.01. The Kier molecular flexibility index (Phi) is 4.46. The predicted molar refractivity (Wildman–Crippen MR) is 78.0 cm³/mol. The maximum Gasteiger partial charge on any atom is 0.229 e. The second kappa shape index (κ2) is 6.29. The lowest BCUT2D eigenvalue weighted by molar-refractivity contribution is 0.476. The molecule has 0 aliphatic carbocycles. The Balaban J connectivity index is 2.20. The average Bonchev–Trinajstić information content (AvgIpc) is 2.92. The molecular weight excluding hydrogens is 260 g/mol. The van der Waals surface area contributed by atoms with Crippen LogP contribution >= 0.6 is 11.3 Å². The van der Waals surface area contributed by atoms with E-state index in [2.05, 4.69) is 34.0 Å². The quantitative estimate of drug-likeness (QED) is 0.836. The standard InChI is InChI=1S/C13H16N4OS/c1-3-17(4-2)10-5-6-11(12(18)9-10)15-16-13-14-7-8-19-13/h5-9,18H,3-4H2,1-2H3. The smallest absolute Gasteiger partial charge is 0.229 e. The van der Waals surface area contributed by atoms with Gasteiger partial charge in [0.2, 0.25) is 5.13 Å². The predicted octanol–water partition coefficient (Wildman–Crippen LogP) is 4.11. The highest BCUT2D eigenvalue weighted by atomic mass is 32.1. The minimum Gasteiger partial charge on any atom is -0.506 e. The maximum atomic E-state index is 9.96. The molecule has 2 rings (SSSR count). The third-order valence-corrected chi connectivity index (χ3v) is 3.41. The van der Waals surface area contributed by atoms with Crippen LogP contribution in [0, 0.1) is 0 Å². The molecule has 1 aromatic heterocycles. The number of aromatic nitrogens is 1. The van der Waals surface area contributed by atoms with E-state index >= 15 is 0 Å². The fourth-order valence-corrected chi connectivity index (χ4v) is 2.20. The van der Waals surface area contributed by atoms with Gasteiger partial charge in [-0.15, -0.1) is 21.6 Å². The highest BCUT2D eigenvalue weighted by molar-refractivity contribution is 7.13. The van der Waals surface area contributed by atoms with Crippen LogP contribution in [0.3, 0.4) is 0 Å². The number of hydrogen-bond acceptors (Lipinski definition) is 6. The van der Waals surface area contributed by atoms with Gasteiger partial charge in [-0.1, -0.05) is 0 Å². The van der Waals surface area contributed by atoms with Gasteiger partial charge in [0, 0.05) is 36.4 Å². The van der Waals surface area contributed by atoms with Crippen LogP contribution in [0.25, 0.3) is 0 Å². The van der Waals surface area contributed by atoms with E-state index in [1.54, 1.807) is 18.3 Å². The van der Waals surface area contributed by atoms with Gasteiger partial charge in [-0.2, -0.15) is 0 Å². The van der Waals surface area contributed by atoms with E-state index in [0.29, 0.717) is 10.8 Å². The normalized spacial score (nSPS) is 11.1. The first kappa shape index (κ1) is 13.5. The molecule has 0 spiro atoms. The van der Waals surface area contributed by atoms with E-state index < -0.39 is 0 Å². The third-order valence-electron chi connectivity index (χ3n) is 2.75. The molecule has 5 nitrogen and oxygen atoms in total. The zero-order chi connectivity index (χ0) is 13.7. The molecule has 0 amide bonds. The van der Waals surface area contributed by atoms with Crippen molar-refractivity contribution in [1.82, 2.24) is 4.98 Å². The van der Waals surface area contributed by atoms with E-state index in [4.69, 9.17) is 0 Å². The number of aromatic hydroxyl groups is 1. The Morgan fingerprint density at radius 1 is 1.26 bits per heavy atom. The molecule has 1 heterocycles. The van der Waals surface area contributed by atoms with Gasteiger partial charge in [0.15, 0.2) is 0 Å². The van der Waals surface area contributed by atoms with Crippen molar-refractivity contribution in [2.45, 2.75) is 13.8 Å².